The molecule has 1 aromatic heterocycles. The number of thiophene rings is 1. The topological polar surface area (TPSA) is 55.4 Å². The van der Waals surface area contributed by atoms with E-state index >= 15 is 0 Å². The highest BCUT2D eigenvalue weighted by Crippen LogP contribution is 2.23. The number of halogens is 1. The molecule has 1 aromatic carbocycles. The molecule has 0 saturated carbocycles. The normalized spacial score (nSPS) is 10.3. The van der Waals surface area contributed by atoms with Gasteiger partial charge in [0, 0.05) is 15.8 Å². The number of carbonyl (C=O) groups is 2. The van der Waals surface area contributed by atoms with Crippen molar-refractivity contribution >= 4 is 44.8 Å². The number of esters is 1. The van der Waals surface area contributed by atoms with Gasteiger partial charge in [0.15, 0.2) is 6.61 Å². The van der Waals surface area contributed by atoms with Crippen molar-refractivity contribution in [1.82, 2.24) is 0 Å². The number of ether oxygens (including phenoxy) is 1. The Kier molecular flexibility index (Phi) is 6.80. The summed E-state index contributed by atoms with van der Waals surface area (Å²) in [6, 6.07) is 9.65. The molecule has 2 aromatic rings. The summed E-state index contributed by atoms with van der Waals surface area (Å²) in [5, 5.41) is 4.72. The summed E-state index contributed by atoms with van der Waals surface area (Å²) in [5.74, 6) is -0.694. The van der Waals surface area contributed by atoms with Crippen LogP contribution in [0.5, 0.6) is 0 Å². The zero-order valence-electron chi connectivity index (χ0n) is 12.8. The van der Waals surface area contributed by atoms with E-state index < -0.39 is 0 Å². The third-order valence-corrected chi connectivity index (χ3v) is 4.74. The van der Waals surface area contributed by atoms with Crippen LogP contribution in [0.3, 0.4) is 0 Å². The Hall–Kier alpha value is -1.66. The van der Waals surface area contributed by atoms with Gasteiger partial charge >= 0.3 is 5.97 Å². The van der Waals surface area contributed by atoms with E-state index in [1.807, 2.05) is 36.6 Å². The molecule has 0 bridgehead atoms. The second-order valence-corrected chi connectivity index (χ2v) is 7.01. The monoisotopic (exact) mass is 395 g/mol. The van der Waals surface area contributed by atoms with Gasteiger partial charge < -0.3 is 10.1 Å². The Balaban J connectivity index is 1.68. The molecule has 0 unspecified atom stereocenters. The molecule has 23 heavy (non-hydrogen) atoms. The molecule has 0 atom stereocenters. The van der Waals surface area contributed by atoms with E-state index in [0.29, 0.717) is 12.1 Å². The van der Waals surface area contributed by atoms with Gasteiger partial charge in [-0.2, -0.15) is 0 Å². The predicted octanol–water partition coefficient (Wildman–Crippen LogP) is 4.32. The zero-order valence-corrected chi connectivity index (χ0v) is 15.2. The molecule has 0 radical (unpaired) electrons. The van der Waals surface area contributed by atoms with Crippen molar-refractivity contribution in [2.75, 3.05) is 11.9 Å². The van der Waals surface area contributed by atoms with E-state index in [0.717, 1.165) is 22.9 Å². The minimum Gasteiger partial charge on any atom is -0.456 e. The molecule has 0 spiro atoms. The first kappa shape index (κ1) is 17.7. The quantitative estimate of drug-likeness (QED) is 0.709. The maximum Gasteiger partial charge on any atom is 0.306 e. The molecule has 0 aliphatic rings. The van der Waals surface area contributed by atoms with Crippen molar-refractivity contribution in [2.45, 2.75) is 26.2 Å². The molecule has 1 N–H and O–H groups in total. The van der Waals surface area contributed by atoms with Gasteiger partial charge in [-0.1, -0.05) is 12.1 Å². The number of benzene rings is 1. The van der Waals surface area contributed by atoms with E-state index in [9.17, 15) is 9.59 Å². The van der Waals surface area contributed by atoms with Crippen LogP contribution in [0.4, 0.5) is 5.69 Å². The molecule has 122 valence electrons. The van der Waals surface area contributed by atoms with Crippen LogP contribution in [0.15, 0.2) is 40.2 Å². The van der Waals surface area contributed by atoms with Gasteiger partial charge in [0.2, 0.25) is 0 Å². The van der Waals surface area contributed by atoms with Gasteiger partial charge in [-0.05, 0) is 64.8 Å². The Morgan fingerprint density at radius 2 is 2.13 bits per heavy atom. The zero-order chi connectivity index (χ0) is 16.7. The molecular formula is C17H18BrNO3S. The average molecular weight is 396 g/mol. The first-order chi connectivity index (χ1) is 11.0. The average Bonchev–Trinajstić information content (AvgIpc) is 3.01. The van der Waals surface area contributed by atoms with Crippen LogP contribution >= 0.6 is 27.3 Å². The van der Waals surface area contributed by atoms with Crippen LogP contribution in [0.2, 0.25) is 0 Å². The van der Waals surface area contributed by atoms with Gasteiger partial charge in [-0.25, -0.2) is 0 Å². The van der Waals surface area contributed by atoms with Crippen molar-refractivity contribution in [3.05, 3.63) is 50.6 Å². The smallest absolute Gasteiger partial charge is 0.306 e. The van der Waals surface area contributed by atoms with E-state index in [1.54, 1.807) is 17.4 Å². The minimum atomic E-state index is -0.348. The van der Waals surface area contributed by atoms with Crippen LogP contribution in [-0.2, 0) is 20.7 Å². The van der Waals surface area contributed by atoms with E-state index in [4.69, 9.17) is 4.74 Å². The second kappa shape index (κ2) is 8.84. The van der Waals surface area contributed by atoms with Crippen LogP contribution in [0, 0.1) is 6.92 Å². The minimum absolute atomic E-state index is 0.266. The fourth-order valence-corrected chi connectivity index (χ4v) is 3.33. The summed E-state index contributed by atoms with van der Waals surface area (Å²) in [5.41, 5.74) is 1.75. The summed E-state index contributed by atoms with van der Waals surface area (Å²) < 4.78 is 5.80. The fourth-order valence-electron chi connectivity index (χ4n) is 1.99. The van der Waals surface area contributed by atoms with Gasteiger partial charge in [-0.3, -0.25) is 9.59 Å². The number of amides is 1. The van der Waals surface area contributed by atoms with Crippen molar-refractivity contribution in [3.63, 3.8) is 0 Å². The maximum atomic E-state index is 11.8. The number of hydrogen-bond acceptors (Lipinski definition) is 4. The van der Waals surface area contributed by atoms with Crippen molar-refractivity contribution in [3.8, 4) is 0 Å². The lowest BCUT2D eigenvalue weighted by Gasteiger charge is -2.08. The Bertz CT molecular complexity index is 670. The first-order valence-electron chi connectivity index (χ1n) is 7.28. The second-order valence-electron chi connectivity index (χ2n) is 5.13. The highest BCUT2D eigenvalue weighted by atomic mass is 79.9. The summed E-state index contributed by atoms with van der Waals surface area (Å²) in [7, 11) is 0. The number of carbonyl (C=O) groups excluding carboxylic acids is 2. The van der Waals surface area contributed by atoms with Crippen molar-refractivity contribution in [1.29, 1.82) is 0 Å². The molecule has 0 aliphatic carbocycles. The first-order valence-corrected chi connectivity index (χ1v) is 8.96. The van der Waals surface area contributed by atoms with Crippen molar-refractivity contribution < 1.29 is 14.3 Å². The molecule has 0 saturated heterocycles. The Morgan fingerprint density at radius 3 is 2.83 bits per heavy atom. The molecular weight excluding hydrogens is 378 g/mol. The molecule has 1 amide bonds. The molecule has 4 nitrogen and oxygen atoms in total. The number of nitrogens with one attached hydrogen (secondary N) is 1. The largest absolute Gasteiger partial charge is 0.456 e. The van der Waals surface area contributed by atoms with Gasteiger partial charge in [-0.15, -0.1) is 11.3 Å². The van der Waals surface area contributed by atoms with E-state index in [-0.39, 0.29) is 18.5 Å². The number of aryl methyl sites for hydroxylation is 2. The fraction of sp³-hybridized carbons (Fsp3) is 0.294. The highest BCUT2D eigenvalue weighted by Gasteiger charge is 2.09. The molecule has 0 aliphatic heterocycles. The van der Waals surface area contributed by atoms with Gasteiger partial charge in [0.05, 0.1) is 5.69 Å². The number of anilines is 1. The maximum absolute atomic E-state index is 11.8. The standard InChI is InChI=1S/C17H18BrNO3S/c1-12-7-8-15(14(18)10-12)19-16(20)11-22-17(21)6-2-4-13-5-3-9-23-13/h3,5,7-10H,2,4,6,11H2,1H3,(H,19,20). The summed E-state index contributed by atoms with van der Waals surface area (Å²) in [4.78, 5) is 24.7. The van der Waals surface area contributed by atoms with Crippen molar-refractivity contribution in [2.24, 2.45) is 0 Å². The van der Waals surface area contributed by atoms with Crippen LogP contribution in [0.25, 0.3) is 0 Å². The number of hydrogen-bond donors (Lipinski definition) is 1. The highest BCUT2D eigenvalue weighted by molar-refractivity contribution is 9.10. The SMILES string of the molecule is Cc1ccc(NC(=O)COC(=O)CCCc2cccs2)c(Br)c1. The lowest BCUT2D eigenvalue weighted by atomic mass is 10.2. The summed E-state index contributed by atoms with van der Waals surface area (Å²) in [6.45, 7) is 1.70. The molecule has 1 heterocycles. The van der Waals surface area contributed by atoms with Crippen LogP contribution < -0.4 is 5.32 Å². The lowest BCUT2D eigenvalue weighted by Crippen LogP contribution is -2.21. The third kappa shape index (κ3) is 6.15. The van der Waals surface area contributed by atoms with E-state index in [1.165, 1.54) is 4.88 Å². The lowest BCUT2D eigenvalue weighted by molar-refractivity contribution is -0.147. The van der Waals surface area contributed by atoms with Crippen LogP contribution in [-0.4, -0.2) is 18.5 Å². The molecule has 2 rings (SSSR count). The number of rotatable bonds is 7. The van der Waals surface area contributed by atoms with Gasteiger partial charge in [0.25, 0.3) is 5.91 Å². The Morgan fingerprint density at radius 1 is 1.30 bits per heavy atom. The summed E-state index contributed by atoms with van der Waals surface area (Å²) in [6.07, 6.45) is 1.90. The summed E-state index contributed by atoms with van der Waals surface area (Å²) >= 11 is 5.06. The molecule has 6 heteroatoms. The molecule has 0 fully saturated rings. The van der Waals surface area contributed by atoms with Gasteiger partial charge in [0.1, 0.15) is 0 Å². The predicted molar refractivity (Wildman–Crippen MR) is 95.7 cm³/mol. The van der Waals surface area contributed by atoms with Crippen LogP contribution in [0.1, 0.15) is 23.3 Å². The van der Waals surface area contributed by atoms with E-state index in [2.05, 4.69) is 21.2 Å². The third-order valence-electron chi connectivity index (χ3n) is 3.15. The Labute approximate surface area is 148 Å².